The summed E-state index contributed by atoms with van der Waals surface area (Å²) in [4.78, 5) is 25.9. The lowest BCUT2D eigenvalue weighted by Gasteiger charge is -2.01. The predicted molar refractivity (Wildman–Crippen MR) is 58.8 cm³/mol. The average molecular weight is 271 g/mol. The SMILES string of the molecule is Cc1ccc2nc(C(=O)CC(=O)C(F)(F)F)oc2c1. The van der Waals surface area contributed by atoms with Crippen molar-refractivity contribution in [2.75, 3.05) is 0 Å². The molecule has 4 nitrogen and oxygen atoms in total. The van der Waals surface area contributed by atoms with Gasteiger partial charge in [-0.25, -0.2) is 4.98 Å². The Bertz CT molecular complexity index is 658. The van der Waals surface area contributed by atoms with E-state index >= 15 is 0 Å². The number of hydrogen-bond donors (Lipinski definition) is 0. The summed E-state index contributed by atoms with van der Waals surface area (Å²) < 4.78 is 41.1. The van der Waals surface area contributed by atoms with Gasteiger partial charge in [0, 0.05) is 0 Å². The number of rotatable bonds is 3. The van der Waals surface area contributed by atoms with E-state index in [1.807, 2.05) is 0 Å². The Morgan fingerprint density at radius 3 is 2.63 bits per heavy atom. The lowest BCUT2D eigenvalue weighted by Crippen LogP contribution is -2.25. The molecule has 0 radical (unpaired) electrons. The van der Waals surface area contributed by atoms with Crippen molar-refractivity contribution in [2.24, 2.45) is 0 Å². The summed E-state index contributed by atoms with van der Waals surface area (Å²) in [7, 11) is 0. The number of nitrogens with zero attached hydrogens (tertiary/aromatic N) is 1. The van der Waals surface area contributed by atoms with Crippen LogP contribution < -0.4 is 0 Å². The molecule has 1 aromatic carbocycles. The Morgan fingerprint density at radius 1 is 1.32 bits per heavy atom. The van der Waals surface area contributed by atoms with E-state index in [1.54, 1.807) is 25.1 Å². The van der Waals surface area contributed by atoms with Crippen LogP contribution in [-0.2, 0) is 4.79 Å². The molecular weight excluding hydrogens is 263 g/mol. The molecule has 0 fully saturated rings. The van der Waals surface area contributed by atoms with Crippen LogP contribution in [0, 0.1) is 6.92 Å². The van der Waals surface area contributed by atoms with Crippen molar-refractivity contribution in [2.45, 2.75) is 19.5 Å². The maximum absolute atomic E-state index is 12.0. The van der Waals surface area contributed by atoms with Crippen molar-refractivity contribution in [3.63, 3.8) is 0 Å². The smallest absolute Gasteiger partial charge is 0.434 e. The fourth-order valence-corrected chi connectivity index (χ4v) is 1.47. The lowest BCUT2D eigenvalue weighted by atomic mass is 10.2. The largest absolute Gasteiger partial charge is 0.450 e. The fraction of sp³-hybridized carbons (Fsp3) is 0.250. The van der Waals surface area contributed by atoms with Gasteiger partial charge in [-0.2, -0.15) is 13.2 Å². The molecule has 0 aliphatic rings. The van der Waals surface area contributed by atoms with E-state index in [0.717, 1.165) is 5.56 Å². The van der Waals surface area contributed by atoms with Crippen LogP contribution in [-0.4, -0.2) is 22.7 Å². The first-order valence-corrected chi connectivity index (χ1v) is 5.28. The van der Waals surface area contributed by atoms with Gasteiger partial charge in [0.2, 0.25) is 11.6 Å². The maximum atomic E-state index is 12.0. The van der Waals surface area contributed by atoms with E-state index in [1.165, 1.54) is 0 Å². The number of carbonyl (C=O) groups is 2. The van der Waals surface area contributed by atoms with Crippen LogP contribution in [0.25, 0.3) is 11.1 Å². The number of benzene rings is 1. The Labute approximate surface area is 105 Å². The number of carbonyl (C=O) groups excluding carboxylic acids is 2. The molecule has 19 heavy (non-hydrogen) atoms. The van der Waals surface area contributed by atoms with Crippen LogP contribution in [0.5, 0.6) is 0 Å². The molecular formula is C12H8F3NO3. The van der Waals surface area contributed by atoms with Crippen molar-refractivity contribution in [1.29, 1.82) is 0 Å². The molecule has 2 aromatic rings. The van der Waals surface area contributed by atoms with Gasteiger partial charge < -0.3 is 4.42 Å². The Kier molecular flexibility index (Phi) is 3.13. The number of Topliss-reactive ketones (excluding diaryl/α,β-unsaturated/α-hetero) is 2. The van der Waals surface area contributed by atoms with Gasteiger partial charge >= 0.3 is 6.18 Å². The number of ketones is 2. The highest BCUT2D eigenvalue weighted by atomic mass is 19.4. The second kappa shape index (κ2) is 4.49. The third-order valence-electron chi connectivity index (χ3n) is 2.42. The molecule has 100 valence electrons. The molecule has 0 atom stereocenters. The van der Waals surface area contributed by atoms with Gasteiger partial charge in [-0.1, -0.05) is 6.07 Å². The third kappa shape index (κ3) is 2.81. The van der Waals surface area contributed by atoms with Crippen molar-refractivity contribution >= 4 is 22.7 Å². The van der Waals surface area contributed by atoms with Crippen molar-refractivity contribution < 1.29 is 27.2 Å². The topological polar surface area (TPSA) is 60.2 Å². The van der Waals surface area contributed by atoms with Gasteiger partial charge in [-0.05, 0) is 24.6 Å². The lowest BCUT2D eigenvalue weighted by molar-refractivity contribution is -0.170. The number of hydrogen-bond acceptors (Lipinski definition) is 4. The summed E-state index contributed by atoms with van der Waals surface area (Å²) >= 11 is 0. The second-order valence-corrected chi connectivity index (χ2v) is 4.01. The first-order chi connectivity index (χ1) is 8.77. The Hall–Kier alpha value is -2.18. The monoisotopic (exact) mass is 271 g/mol. The van der Waals surface area contributed by atoms with Gasteiger partial charge in [0.15, 0.2) is 5.58 Å². The van der Waals surface area contributed by atoms with E-state index in [2.05, 4.69) is 4.98 Å². The predicted octanol–water partition coefficient (Wildman–Crippen LogP) is 2.84. The van der Waals surface area contributed by atoms with Gasteiger partial charge in [-0.15, -0.1) is 0 Å². The summed E-state index contributed by atoms with van der Waals surface area (Å²) in [6, 6.07) is 4.90. The van der Waals surface area contributed by atoms with Crippen molar-refractivity contribution in [3.05, 3.63) is 29.7 Å². The number of aryl methyl sites for hydroxylation is 1. The van der Waals surface area contributed by atoms with Crippen LogP contribution in [0.3, 0.4) is 0 Å². The molecule has 0 unspecified atom stereocenters. The minimum Gasteiger partial charge on any atom is -0.434 e. The highest BCUT2D eigenvalue weighted by Gasteiger charge is 2.40. The van der Waals surface area contributed by atoms with E-state index in [-0.39, 0.29) is 0 Å². The van der Waals surface area contributed by atoms with Crippen molar-refractivity contribution in [1.82, 2.24) is 4.98 Å². The van der Waals surface area contributed by atoms with Gasteiger partial charge in [0.25, 0.3) is 5.89 Å². The molecule has 1 heterocycles. The normalized spacial score (nSPS) is 11.8. The summed E-state index contributed by atoms with van der Waals surface area (Å²) in [5, 5.41) is 0. The zero-order valence-electron chi connectivity index (χ0n) is 9.75. The zero-order chi connectivity index (χ0) is 14.2. The minimum absolute atomic E-state index is 0.294. The van der Waals surface area contributed by atoms with E-state index < -0.39 is 30.1 Å². The van der Waals surface area contributed by atoms with Crippen LogP contribution in [0.4, 0.5) is 13.2 Å². The van der Waals surface area contributed by atoms with Crippen LogP contribution >= 0.6 is 0 Å². The van der Waals surface area contributed by atoms with Gasteiger partial charge in [0.1, 0.15) is 5.52 Å². The van der Waals surface area contributed by atoms with Crippen LogP contribution in [0.1, 0.15) is 22.7 Å². The third-order valence-corrected chi connectivity index (χ3v) is 2.42. The zero-order valence-corrected chi connectivity index (χ0v) is 9.75. The Balaban J connectivity index is 2.25. The summed E-state index contributed by atoms with van der Waals surface area (Å²) in [5.41, 5.74) is 1.50. The van der Waals surface area contributed by atoms with E-state index in [4.69, 9.17) is 4.42 Å². The van der Waals surface area contributed by atoms with Gasteiger partial charge in [-0.3, -0.25) is 9.59 Å². The molecule has 1 aromatic heterocycles. The molecule has 0 spiro atoms. The quantitative estimate of drug-likeness (QED) is 0.636. The van der Waals surface area contributed by atoms with Crippen molar-refractivity contribution in [3.8, 4) is 0 Å². The molecule has 0 bridgehead atoms. The summed E-state index contributed by atoms with van der Waals surface area (Å²) in [6.07, 6.45) is -6.33. The number of oxazole rings is 1. The molecule has 0 aliphatic carbocycles. The highest BCUT2D eigenvalue weighted by Crippen LogP contribution is 2.21. The number of alkyl halides is 3. The molecule has 0 amide bonds. The molecule has 0 N–H and O–H groups in total. The molecule has 0 saturated carbocycles. The minimum atomic E-state index is -5.03. The summed E-state index contributed by atoms with van der Waals surface area (Å²) in [6.45, 7) is 1.79. The Morgan fingerprint density at radius 2 is 2.00 bits per heavy atom. The molecule has 0 saturated heterocycles. The first kappa shape index (κ1) is 13.3. The van der Waals surface area contributed by atoms with Crippen LogP contribution in [0.2, 0.25) is 0 Å². The van der Waals surface area contributed by atoms with Crippen LogP contribution in [0.15, 0.2) is 22.6 Å². The second-order valence-electron chi connectivity index (χ2n) is 4.01. The highest BCUT2D eigenvalue weighted by molar-refractivity contribution is 6.08. The molecule has 7 heteroatoms. The first-order valence-electron chi connectivity index (χ1n) is 5.28. The summed E-state index contributed by atoms with van der Waals surface area (Å²) in [5.74, 6) is -3.69. The average Bonchev–Trinajstić information content (AvgIpc) is 2.70. The fourth-order valence-electron chi connectivity index (χ4n) is 1.47. The van der Waals surface area contributed by atoms with Gasteiger partial charge in [0.05, 0.1) is 6.42 Å². The standard InChI is InChI=1S/C12H8F3NO3/c1-6-2-3-7-9(4-6)19-11(16-7)8(17)5-10(18)12(13,14)15/h2-4H,5H2,1H3. The number of halogens is 3. The number of aromatic nitrogens is 1. The van der Waals surface area contributed by atoms with E-state index in [0.29, 0.717) is 11.1 Å². The van der Waals surface area contributed by atoms with E-state index in [9.17, 15) is 22.8 Å². The maximum Gasteiger partial charge on any atom is 0.450 e. The molecule has 0 aliphatic heterocycles. The molecule has 2 rings (SSSR count). The number of fused-ring (bicyclic) bond motifs is 1.